The maximum absolute atomic E-state index is 11.3. The van der Waals surface area contributed by atoms with E-state index < -0.39 is 5.97 Å². The van der Waals surface area contributed by atoms with Crippen LogP contribution < -0.4 is 0 Å². The molecule has 0 atom stereocenters. The smallest absolute Gasteiger partial charge is 0.338 e. The number of aromatic carboxylic acids is 1. The Labute approximate surface area is 129 Å². The molecule has 0 amide bonds. The van der Waals surface area contributed by atoms with Crippen LogP contribution in [0.2, 0.25) is 0 Å². The highest BCUT2D eigenvalue weighted by Crippen LogP contribution is 2.32. The van der Waals surface area contributed by atoms with Gasteiger partial charge in [-0.1, -0.05) is 6.07 Å². The Bertz CT molecular complexity index is 666. The van der Waals surface area contributed by atoms with E-state index in [1.165, 1.54) is 11.8 Å². The lowest BCUT2D eigenvalue weighted by atomic mass is 10.2. The van der Waals surface area contributed by atoms with Crippen molar-refractivity contribution in [3.05, 3.63) is 45.2 Å². The third-order valence-corrected chi connectivity index (χ3v) is 4.59. The minimum Gasteiger partial charge on any atom is -0.478 e. The summed E-state index contributed by atoms with van der Waals surface area (Å²) < 4.78 is 0.551. The molecule has 0 saturated heterocycles. The Morgan fingerprint density at radius 2 is 1.80 bits per heavy atom. The van der Waals surface area contributed by atoms with Gasteiger partial charge in [-0.05, 0) is 66.2 Å². The maximum atomic E-state index is 11.3. The van der Waals surface area contributed by atoms with E-state index in [0.717, 1.165) is 17.0 Å². The number of nitrogens with zero attached hydrogens (tertiary/aromatic N) is 2. The van der Waals surface area contributed by atoms with Gasteiger partial charge in [0.25, 0.3) is 0 Å². The monoisotopic (exact) mass is 352 g/mol. The largest absolute Gasteiger partial charge is 0.478 e. The van der Waals surface area contributed by atoms with Crippen molar-refractivity contribution in [1.29, 1.82) is 0 Å². The van der Waals surface area contributed by atoms with E-state index in [9.17, 15) is 9.90 Å². The normalized spacial score (nSPS) is 10.6. The number of carboxylic acid groups (broad SMARTS) is 1. The highest BCUT2D eigenvalue weighted by Gasteiger charge is 2.16. The molecule has 2 rings (SSSR count). The molecule has 1 aromatic heterocycles. The van der Waals surface area contributed by atoms with Crippen molar-refractivity contribution in [2.45, 2.75) is 30.8 Å². The fourth-order valence-electron chi connectivity index (χ4n) is 1.68. The summed E-state index contributed by atoms with van der Waals surface area (Å²) in [5.41, 5.74) is 3.11. The summed E-state index contributed by atoms with van der Waals surface area (Å²) in [5, 5.41) is 9.85. The van der Waals surface area contributed by atoms with Crippen LogP contribution in [0.4, 0.5) is 0 Å². The van der Waals surface area contributed by atoms with E-state index >= 15 is 0 Å². The number of carbonyl (C=O) groups is 1. The molecule has 0 unspecified atom stereocenters. The van der Waals surface area contributed by atoms with Crippen LogP contribution >= 0.6 is 27.7 Å². The molecular formula is C14H13BrN2O2S. The molecule has 20 heavy (non-hydrogen) atoms. The molecular weight excluding hydrogens is 340 g/mol. The Hall–Kier alpha value is -1.40. The molecule has 0 saturated carbocycles. The highest BCUT2D eigenvalue weighted by atomic mass is 79.9. The van der Waals surface area contributed by atoms with Crippen molar-refractivity contribution in [2.24, 2.45) is 0 Å². The van der Waals surface area contributed by atoms with Crippen molar-refractivity contribution in [3.8, 4) is 0 Å². The number of halogens is 1. The van der Waals surface area contributed by atoms with Crippen molar-refractivity contribution >= 4 is 33.7 Å². The van der Waals surface area contributed by atoms with Crippen LogP contribution in [0.3, 0.4) is 0 Å². The van der Waals surface area contributed by atoms with Crippen molar-refractivity contribution < 1.29 is 9.90 Å². The van der Waals surface area contributed by atoms with Gasteiger partial charge in [0, 0.05) is 20.8 Å². The summed E-state index contributed by atoms with van der Waals surface area (Å²) in [7, 11) is 0. The van der Waals surface area contributed by atoms with Crippen LogP contribution in [0.1, 0.15) is 27.3 Å². The first-order valence-corrected chi connectivity index (χ1v) is 7.52. The van der Waals surface area contributed by atoms with Gasteiger partial charge in [0.2, 0.25) is 0 Å². The fraction of sp³-hybridized carbons (Fsp3) is 0.214. The topological polar surface area (TPSA) is 63.1 Å². The summed E-state index contributed by atoms with van der Waals surface area (Å²) in [6.45, 7) is 5.82. The van der Waals surface area contributed by atoms with E-state index in [0.29, 0.717) is 14.5 Å². The molecule has 104 valence electrons. The van der Waals surface area contributed by atoms with Crippen LogP contribution in [0.25, 0.3) is 0 Å². The van der Waals surface area contributed by atoms with Gasteiger partial charge >= 0.3 is 5.97 Å². The third-order valence-electron chi connectivity index (χ3n) is 3.00. The van der Waals surface area contributed by atoms with Gasteiger partial charge in [0.05, 0.1) is 5.56 Å². The Balaban J connectivity index is 2.45. The molecule has 1 aromatic carbocycles. The Morgan fingerprint density at radius 1 is 1.20 bits per heavy atom. The summed E-state index contributed by atoms with van der Waals surface area (Å²) in [6.07, 6.45) is 0. The van der Waals surface area contributed by atoms with Gasteiger partial charge in [0.1, 0.15) is 0 Å². The average Bonchev–Trinajstić information content (AvgIpc) is 2.35. The molecule has 0 bridgehead atoms. The third kappa shape index (κ3) is 3.02. The number of aryl methyl sites for hydroxylation is 2. The second-order valence-corrected chi connectivity index (χ2v) is 6.19. The lowest BCUT2D eigenvalue weighted by Gasteiger charge is -2.09. The zero-order valence-electron chi connectivity index (χ0n) is 11.3. The molecule has 0 fully saturated rings. The summed E-state index contributed by atoms with van der Waals surface area (Å²) in [4.78, 5) is 20.8. The first-order valence-electron chi connectivity index (χ1n) is 5.91. The highest BCUT2D eigenvalue weighted by molar-refractivity contribution is 9.10. The van der Waals surface area contributed by atoms with Gasteiger partial charge in [-0.25, -0.2) is 14.8 Å². The molecule has 0 radical (unpaired) electrons. The average molecular weight is 353 g/mol. The first-order chi connectivity index (χ1) is 9.40. The van der Waals surface area contributed by atoms with Crippen LogP contribution in [-0.4, -0.2) is 21.0 Å². The molecule has 6 heteroatoms. The minimum absolute atomic E-state index is 0.233. The standard InChI is InChI=1S/C14H13BrN2O2S/c1-7-8(2)16-14(17-9(7)3)20-11-6-4-5-10(15)12(11)13(18)19/h4-6H,1-3H3,(H,18,19). The predicted molar refractivity (Wildman–Crippen MR) is 81.5 cm³/mol. The second kappa shape index (κ2) is 5.93. The predicted octanol–water partition coefficient (Wildman–Crippen LogP) is 4.01. The van der Waals surface area contributed by atoms with Gasteiger partial charge in [0.15, 0.2) is 5.16 Å². The molecule has 4 nitrogen and oxygen atoms in total. The number of rotatable bonds is 3. The zero-order valence-corrected chi connectivity index (χ0v) is 13.7. The molecule has 1 N–H and O–H groups in total. The number of hydrogen-bond acceptors (Lipinski definition) is 4. The Kier molecular flexibility index (Phi) is 4.45. The van der Waals surface area contributed by atoms with E-state index in [-0.39, 0.29) is 5.56 Å². The molecule has 0 aliphatic rings. The summed E-state index contributed by atoms with van der Waals surface area (Å²) in [6, 6.07) is 5.26. The Morgan fingerprint density at radius 3 is 2.35 bits per heavy atom. The molecule has 0 spiro atoms. The maximum Gasteiger partial charge on any atom is 0.338 e. The number of hydrogen-bond donors (Lipinski definition) is 1. The number of carboxylic acids is 1. The van der Waals surface area contributed by atoms with Gasteiger partial charge < -0.3 is 5.11 Å². The molecule has 1 heterocycles. The molecule has 2 aromatic rings. The lowest BCUT2D eigenvalue weighted by molar-refractivity contribution is 0.0692. The van der Waals surface area contributed by atoms with E-state index in [4.69, 9.17) is 0 Å². The van der Waals surface area contributed by atoms with Crippen LogP contribution in [0.15, 0.2) is 32.7 Å². The molecule has 0 aliphatic carbocycles. The zero-order chi connectivity index (χ0) is 14.9. The van der Waals surface area contributed by atoms with E-state index in [2.05, 4.69) is 25.9 Å². The summed E-state index contributed by atoms with van der Waals surface area (Å²) in [5.74, 6) is -0.972. The van der Waals surface area contributed by atoms with Crippen molar-refractivity contribution in [2.75, 3.05) is 0 Å². The quantitative estimate of drug-likeness (QED) is 0.845. The van der Waals surface area contributed by atoms with Crippen LogP contribution in [-0.2, 0) is 0 Å². The second-order valence-electron chi connectivity index (χ2n) is 4.32. The lowest BCUT2D eigenvalue weighted by Crippen LogP contribution is -2.02. The first kappa shape index (κ1) is 15.0. The van der Waals surface area contributed by atoms with Crippen LogP contribution in [0.5, 0.6) is 0 Å². The van der Waals surface area contributed by atoms with Gasteiger partial charge in [-0.3, -0.25) is 0 Å². The minimum atomic E-state index is -0.972. The summed E-state index contributed by atoms with van der Waals surface area (Å²) >= 11 is 4.53. The number of benzene rings is 1. The molecule has 0 aliphatic heterocycles. The van der Waals surface area contributed by atoms with E-state index in [1.54, 1.807) is 18.2 Å². The van der Waals surface area contributed by atoms with E-state index in [1.807, 2.05) is 20.8 Å². The fourth-order valence-corrected chi connectivity index (χ4v) is 3.36. The van der Waals surface area contributed by atoms with Crippen molar-refractivity contribution in [1.82, 2.24) is 9.97 Å². The number of aromatic nitrogens is 2. The van der Waals surface area contributed by atoms with Gasteiger partial charge in [-0.15, -0.1) is 0 Å². The SMILES string of the molecule is Cc1nc(Sc2cccc(Br)c2C(=O)O)nc(C)c1C. The van der Waals surface area contributed by atoms with Crippen molar-refractivity contribution in [3.63, 3.8) is 0 Å². The van der Waals surface area contributed by atoms with Gasteiger partial charge in [-0.2, -0.15) is 0 Å². The van der Waals surface area contributed by atoms with Crippen LogP contribution in [0, 0.1) is 20.8 Å².